The molecule has 0 aromatic heterocycles. The molecule has 2 aromatic rings. The number of carbonyl (C=O) groups excluding carboxylic acids is 1. The van der Waals surface area contributed by atoms with Crippen LogP contribution in [0.5, 0.6) is 5.75 Å². The Morgan fingerprint density at radius 3 is 2.58 bits per heavy atom. The van der Waals surface area contributed by atoms with Crippen molar-refractivity contribution in [3.63, 3.8) is 0 Å². The van der Waals surface area contributed by atoms with Crippen molar-refractivity contribution in [1.82, 2.24) is 4.72 Å². The molecule has 5 atom stereocenters. The molecule has 234 valence electrons. The molecule has 2 aromatic carbocycles. The monoisotopic (exact) mass is 640 g/mol. The predicted molar refractivity (Wildman–Crippen MR) is 157 cm³/mol. The summed E-state index contributed by atoms with van der Waals surface area (Å²) in [5.74, 6) is -0.455. The number of sulfonamides is 1. The maximum absolute atomic E-state index is 13.9. The van der Waals surface area contributed by atoms with Gasteiger partial charge in [-0.25, -0.2) is 13.1 Å². The van der Waals surface area contributed by atoms with Crippen molar-refractivity contribution in [1.29, 1.82) is 0 Å². The average Bonchev–Trinajstić information content (AvgIpc) is 3.06. The number of rotatable bonds is 0. The van der Waals surface area contributed by atoms with Crippen LogP contribution in [0, 0.1) is 11.8 Å². The van der Waals surface area contributed by atoms with E-state index in [1.54, 1.807) is 10.8 Å². The summed E-state index contributed by atoms with van der Waals surface area (Å²) in [6.45, 7) is 1.55. The highest BCUT2D eigenvalue weighted by Crippen LogP contribution is 2.47. The second-order valence-electron chi connectivity index (χ2n) is 12.6. The van der Waals surface area contributed by atoms with Gasteiger partial charge in [0.05, 0.1) is 18.4 Å². The van der Waals surface area contributed by atoms with Crippen LogP contribution >= 0.6 is 11.6 Å². The van der Waals surface area contributed by atoms with Crippen molar-refractivity contribution in [2.75, 3.05) is 24.6 Å². The second kappa shape index (κ2) is 11.5. The molecule has 2 aliphatic heterocycles. The van der Waals surface area contributed by atoms with E-state index >= 15 is 0 Å². The fraction of sp³-hybridized carbons (Fsp3) is 0.581. The summed E-state index contributed by atoms with van der Waals surface area (Å²) >= 11 is 6.34. The molecule has 0 radical (unpaired) electrons. The number of carbonyl (C=O) groups is 1. The number of halogens is 4. The van der Waals surface area contributed by atoms with E-state index in [-0.39, 0.29) is 35.7 Å². The summed E-state index contributed by atoms with van der Waals surface area (Å²) in [5.41, 5.74) is 2.48. The zero-order valence-corrected chi connectivity index (χ0v) is 25.3. The number of aliphatic hydroxyl groups excluding tert-OH is 1. The molecule has 2 bridgehead atoms. The van der Waals surface area contributed by atoms with E-state index in [1.165, 1.54) is 17.7 Å². The Morgan fingerprint density at radius 2 is 1.84 bits per heavy atom. The highest BCUT2D eigenvalue weighted by molar-refractivity contribution is 7.90. The van der Waals surface area contributed by atoms with Crippen LogP contribution in [0.15, 0.2) is 36.4 Å². The lowest BCUT2D eigenvalue weighted by molar-refractivity contribution is -0.131. The maximum atomic E-state index is 13.9. The normalized spacial score (nSPS) is 31.1. The van der Waals surface area contributed by atoms with Gasteiger partial charge in [-0.05, 0) is 98.2 Å². The lowest BCUT2D eigenvalue weighted by Crippen LogP contribution is -2.49. The van der Waals surface area contributed by atoms with Crippen molar-refractivity contribution < 1.29 is 36.2 Å². The minimum Gasteiger partial charge on any atom is -0.490 e. The first kappa shape index (κ1) is 30.5. The summed E-state index contributed by atoms with van der Waals surface area (Å²) in [4.78, 5) is 15.3. The summed E-state index contributed by atoms with van der Waals surface area (Å²) in [6.07, 6.45) is -1.49. The first-order valence-electron chi connectivity index (χ1n) is 15.0. The van der Waals surface area contributed by atoms with Crippen molar-refractivity contribution in [3.8, 4) is 5.75 Å². The predicted octanol–water partition coefficient (Wildman–Crippen LogP) is 5.76. The first-order chi connectivity index (χ1) is 20.4. The van der Waals surface area contributed by atoms with Gasteiger partial charge >= 0.3 is 6.18 Å². The summed E-state index contributed by atoms with van der Waals surface area (Å²) in [6, 6.07) is 10.4. The van der Waals surface area contributed by atoms with Gasteiger partial charge in [0.15, 0.2) is 5.25 Å². The minimum atomic E-state index is -5.07. The Labute approximate surface area is 254 Å². The molecule has 7 nitrogen and oxygen atoms in total. The van der Waals surface area contributed by atoms with Crippen LogP contribution in [-0.2, 0) is 21.9 Å². The van der Waals surface area contributed by atoms with E-state index in [2.05, 4.69) is 11.0 Å². The molecule has 43 heavy (non-hydrogen) atoms. The van der Waals surface area contributed by atoms with E-state index in [4.69, 9.17) is 16.3 Å². The lowest BCUT2D eigenvalue weighted by Gasteiger charge is -2.45. The third-order valence-electron chi connectivity index (χ3n) is 9.92. The van der Waals surface area contributed by atoms with Gasteiger partial charge in [-0.15, -0.1) is 0 Å². The third kappa shape index (κ3) is 5.96. The number of aliphatic hydroxyl groups is 1. The number of hydrogen-bond acceptors (Lipinski definition) is 6. The van der Waals surface area contributed by atoms with Gasteiger partial charge in [0, 0.05) is 29.1 Å². The summed E-state index contributed by atoms with van der Waals surface area (Å²) in [5, 5.41) is 8.98. The zero-order chi connectivity index (χ0) is 30.6. The number of hydrogen-bond donors (Lipinski definition) is 2. The van der Waals surface area contributed by atoms with Gasteiger partial charge in [0.25, 0.3) is 5.91 Å². The number of nitrogens with one attached hydrogen (secondary N) is 1. The molecule has 1 amide bonds. The molecule has 1 spiro atoms. The Morgan fingerprint density at radius 1 is 1.05 bits per heavy atom. The Kier molecular flexibility index (Phi) is 8.13. The number of anilines is 1. The fourth-order valence-corrected chi connectivity index (χ4v) is 9.06. The maximum Gasteiger partial charge on any atom is 0.407 e. The van der Waals surface area contributed by atoms with E-state index < -0.39 is 39.9 Å². The fourth-order valence-electron chi connectivity index (χ4n) is 7.52. The zero-order valence-electron chi connectivity index (χ0n) is 23.7. The number of nitrogens with zero attached hydrogens (tertiary/aromatic N) is 1. The molecule has 1 fully saturated rings. The Hall–Kier alpha value is -2.50. The van der Waals surface area contributed by atoms with Crippen LogP contribution in [0.4, 0.5) is 18.9 Å². The van der Waals surface area contributed by atoms with E-state index in [0.717, 1.165) is 37.7 Å². The number of benzene rings is 2. The van der Waals surface area contributed by atoms with Gasteiger partial charge in [-0.1, -0.05) is 30.5 Å². The number of fused-ring (bicyclic) bond motifs is 4. The van der Waals surface area contributed by atoms with Gasteiger partial charge in [-0.2, -0.15) is 13.2 Å². The van der Waals surface area contributed by atoms with Crippen LogP contribution in [0.3, 0.4) is 0 Å². The molecule has 12 heteroatoms. The van der Waals surface area contributed by atoms with Crippen LogP contribution in [0.2, 0.25) is 5.02 Å². The number of ether oxygens (including phenoxy) is 1. The lowest BCUT2D eigenvalue weighted by atomic mass is 9.68. The molecule has 6 rings (SSSR count). The number of alkyl halides is 3. The molecule has 1 saturated carbocycles. The Bertz CT molecular complexity index is 1500. The van der Waals surface area contributed by atoms with Crippen molar-refractivity contribution in [3.05, 3.63) is 58.1 Å². The molecule has 4 aliphatic rings. The molecular weight excluding hydrogens is 605 g/mol. The Balaban J connectivity index is 1.41. The quantitative estimate of drug-likeness (QED) is 0.380. The van der Waals surface area contributed by atoms with E-state index in [1.807, 2.05) is 12.1 Å². The SMILES string of the molecule is O=C1NS(=O)(=O)[C@H](C(F)(F)F)CCCC[C@H](O)[C@@H]2CC[C@H]2CN2C[C@@]3(CCCc4cc(Cl)ccc43)COc3ccc1cc32. The summed E-state index contributed by atoms with van der Waals surface area (Å²) < 4.78 is 75.4. The number of aryl methyl sites for hydroxylation is 1. The molecular formula is C31H36ClF3N2O5S. The smallest absolute Gasteiger partial charge is 0.407 e. The van der Waals surface area contributed by atoms with Gasteiger partial charge < -0.3 is 14.7 Å². The molecule has 2 N–H and O–H groups in total. The molecule has 0 unspecified atom stereocenters. The third-order valence-corrected chi connectivity index (χ3v) is 11.9. The van der Waals surface area contributed by atoms with Crippen LogP contribution in [0.1, 0.15) is 72.9 Å². The van der Waals surface area contributed by atoms with Crippen LogP contribution in [-0.4, -0.2) is 56.7 Å². The topological polar surface area (TPSA) is 95.9 Å². The van der Waals surface area contributed by atoms with E-state index in [9.17, 15) is 31.5 Å². The summed E-state index contributed by atoms with van der Waals surface area (Å²) in [7, 11) is -5.07. The van der Waals surface area contributed by atoms with Gasteiger partial charge in [0.2, 0.25) is 10.0 Å². The second-order valence-corrected chi connectivity index (χ2v) is 14.9. The molecule has 0 saturated heterocycles. The van der Waals surface area contributed by atoms with Crippen molar-refractivity contribution >= 4 is 33.2 Å². The average molecular weight is 641 g/mol. The standard InChI is InChI=1S/C31H36ClF3N2O5S/c32-22-9-11-24-19(14-22)4-3-13-30(24)17-37-16-21-7-10-23(21)26(38)5-1-2-6-28(31(33,34)35)43(40,41)36-29(39)20-8-12-27(42-18-30)25(37)15-20/h8-9,11-12,14-15,21,23,26,28,38H,1-7,10,13,16-18H2,(H,36,39)/t21-,23+,26-,28-,30-/m0/s1. The highest BCUT2D eigenvalue weighted by atomic mass is 35.5. The largest absolute Gasteiger partial charge is 0.490 e. The first-order valence-corrected chi connectivity index (χ1v) is 16.9. The van der Waals surface area contributed by atoms with Crippen molar-refractivity contribution in [2.24, 2.45) is 11.8 Å². The number of amides is 1. The van der Waals surface area contributed by atoms with Gasteiger partial charge in [0.1, 0.15) is 5.75 Å². The van der Waals surface area contributed by atoms with E-state index in [0.29, 0.717) is 42.6 Å². The van der Waals surface area contributed by atoms with Gasteiger partial charge in [-0.3, -0.25) is 4.79 Å². The minimum absolute atomic E-state index is 0.0115. The molecule has 2 aliphatic carbocycles. The van der Waals surface area contributed by atoms with Crippen LogP contribution in [0.25, 0.3) is 0 Å². The molecule has 2 heterocycles. The van der Waals surface area contributed by atoms with Crippen LogP contribution < -0.4 is 14.4 Å². The van der Waals surface area contributed by atoms with Crippen molar-refractivity contribution in [2.45, 2.75) is 80.7 Å². The highest BCUT2D eigenvalue weighted by Gasteiger charge is 2.49.